The lowest BCUT2D eigenvalue weighted by Crippen LogP contribution is -2.08. The molecule has 2 aromatic heterocycles. The van der Waals surface area contributed by atoms with Crippen LogP contribution in [0.15, 0.2) is 66.9 Å². The number of anilines is 1. The second-order valence-corrected chi connectivity index (χ2v) is 7.43. The van der Waals surface area contributed by atoms with E-state index in [1.54, 1.807) is 6.08 Å². The molecule has 8 heteroatoms. The van der Waals surface area contributed by atoms with Crippen molar-refractivity contribution < 1.29 is 14.8 Å². The number of amides is 1. The molecule has 0 aliphatic heterocycles. The predicted molar refractivity (Wildman–Crippen MR) is 123 cm³/mol. The molecule has 0 fully saturated rings. The van der Waals surface area contributed by atoms with Gasteiger partial charge in [-0.25, -0.2) is 4.98 Å². The van der Waals surface area contributed by atoms with Gasteiger partial charge in [0.25, 0.3) is 5.69 Å². The third kappa shape index (κ3) is 4.20. The summed E-state index contributed by atoms with van der Waals surface area (Å²) in [5.41, 5.74) is 5.00. The molecule has 160 valence electrons. The number of carbonyl (C=O) groups excluding carboxylic acids is 1. The van der Waals surface area contributed by atoms with Gasteiger partial charge in [-0.1, -0.05) is 29.8 Å². The van der Waals surface area contributed by atoms with Crippen molar-refractivity contribution in [2.24, 2.45) is 0 Å². The van der Waals surface area contributed by atoms with Gasteiger partial charge in [0.1, 0.15) is 11.4 Å². The molecule has 0 aliphatic carbocycles. The van der Waals surface area contributed by atoms with Crippen molar-refractivity contribution in [3.05, 3.63) is 93.8 Å². The third-order valence-electron chi connectivity index (χ3n) is 4.99. The number of phenolic OH excluding ortho intramolecular Hbond substituents is 1. The van der Waals surface area contributed by atoms with Crippen LogP contribution in [0.4, 0.5) is 11.4 Å². The fourth-order valence-corrected chi connectivity index (χ4v) is 3.32. The standard InChI is InChI=1S/C24H20N4O4/c1-15-3-5-17(6-4-15)24-20(27-12-11-16(2)13-22(27)26-24)8-10-23(30)25-19-14-18(28(31)32)7-9-21(19)29/h3-14,29H,1-2H3,(H,25,30)/b10-8+. The molecule has 2 aromatic carbocycles. The van der Waals surface area contributed by atoms with Crippen molar-refractivity contribution in [2.45, 2.75) is 13.8 Å². The Morgan fingerprint density at radius 1 is 1.09 bits per heavy atom. The summed E-state index contributed by atoms with van der Waals surface area (Å²) in [5.74, 6) is -0.805. The number of imidazole rings is 1. The van der Waals surface area contributed by atoms with Crippen LogP contribution in [0.5, 0.6) is 5.75 Å². The van der Waals surface area contributed by atoms with E-state index in [2.05, 4.69) is 5.32 Å². The molecule has 0 radical (unpaired) electrons. The summed E-state index contributed by atoms with van der Waals surface area (Å²) < 4.78 is 1.89. The first-order chi connectivity index (χ1) is 15.3. The predicted octanol–water partition coefficient (Wildman–Crippen LogP) is 4.88. The topological polar surface area (TPSA) is 110 Å². The van der Waals surface area contributed by atoms with Gasteiger partial charge in [-0.05, 0) is 43.7 Å². The van der Waals surface area contributed by atoms with Gasteiger partial charge in [-0.3, -0.25) is 19.3 Å². The zero-order valence-corrected chi connectivity index (χ0v) is 17.4. The number of aromatic nitrogens is 2. The van der Waals surface area contributed by atoms with Crippen molar-refractivity contribution in [1.82, 2.24) is 9.38 Å². The van der Waals surface area contributed by atoms with E-state index in [1.165, 1.54) is 12.1 Å². The number of benzene rings is 2. The van der Waals surface area contributed by atoms with Crippen molar-refractivity contribution >= 4 is 29.0 Å². The van der Waals surface area contributed by atoms with Crippen LogP contribution >= 0.6 is 0 Å². The molecular formula is C24H20N4O4. The van der Waals surface area contributed by atoms with Crippen molar-refractivity contribution in [1.29, 1.82) is 0 Å². The van der Waals surface area contributed by atoms with Crippen LogP contribution < -0.4 is 5.32 Å². The number of pyridine rings is 1. The van der Waals surface area contributed by atoms with Crippen LogP contribution in [0.25, 0.3) is 23.0 Å². The van der Waals surface area contributed by atoms with E-state index in [0.29, 0.717) is 5.69 Å². The molecule has 8 nitrogen and oxygen atoms in total. The summed E-state index contributed by atoms with van der Waals surface area (Å²) in [4.78, 5) is 27.6. The maximum absolute atomic E-state index is 12.5. The average molecular weight is 428 g/mol. The summed E-state index contributed by atoms with van der Waals surface area (Å²) in [7, 11) is 0. The van der Waals surface area contributed by atoms with Gasteiger partial charge >= 0.3 is 0 Å². The molecule has 0 unspecified atom stereocenters. The third-order valence-corrected chi connectivity index (χ3v) is 4.99. The number of phenols is 1. The van der Waals surface area contributed by atoms with Crippen LogP contribution in [-0.2, 0) is 4.79 Å². The van der Waals surface area contributed by atoms with E-state index in [1.807, 2.05) is 60.8 Å². The fourth-order valence-electron chi connectivity index (χ4n) is 3.32. The minimum Gasteiger partial charge on any atom is -0.506 e. The Morgan fingerprint density at radius 2 is 1.84 bits per heavy atom. The Hall–Kier alpha value is -4.46. The van der Waals surface area contributed by atoms with E-state index in [4.69, 9.17) is 4.98 Å². The van der Waals surface area contributed by atoms with Crippen LogP contribution in [0.3, 0.4) is 0 Å². The van der Waals surface area contributed by atoms with Crippen LogP contribution in [0, 0.1) is 24.0 Å². The lowest BCUT2D eigenvalue weighted by molar-refractivity contribution is -0.384. The number of non-ortho nitro benzene ring substituents is 1. The van der Waals surface area contributed by atoms with Crippen LogP contribution in [0.2, 0.25) is 0 Å². The number of nitro benzene ring substituents is 1. The minimum absolute atomic E-state index is 0.0404. The Morgan fingerprint density at radius 3 is 2.56 bits per heavy atom. The highest BCUT2D eigenvalue weighted by Gasteiger charge is 2.14. The first-order valence-electron chi connectivity index (χ1n) is 9.84. The molecule has 1 amide bonds. The van der Waals surface area contributed by atoms with Crippen LogP contribution in [-0.4, -0.2) is 25.3 Å². The quantitative estimate of drug-likeness (QED) is 0.204. The first kappa shape index (κ1) is 20.8. The number of aryl methyl sites for hydroxylation is 2. The Labute approximate surface area is 183 Å². The zero-order chi connectivity index (χ0) is 22.8. The maximum atomic E-state index is 12.5. The normalized spacial score (nSPS) is 11.2. The van der Waals surface area contributed by atoms with Crippen molar-refractivity contribution in [3.8, 4) is 17.0 Å². The highest BCUT2D eigenvalue weighted by molar-refractivity contribution is 6.03. The molecule has 32 heavy (non-hydrogen) atoms. The van der Waals surface area contributed by atoms with Crippen molar-refractivity contribution in [3.63, 3.8) is 0 Å². The van der Waals surface area contributed by atoms with E-state index >= 15 is 0 Å². The lowest BCUT2D eigenvalue weighted by Gasteiger charge is -2.05. The summed E-state index contributed by atoms with van der Waals surface area (Å²) in [6, 6.07) is 15.3. The number of nitrogens with zero attached hydrogens (tertiary/aromatic N) is 3. The van der Waals surface area contributed by atoms with E-state index in [0.717, 1.165) is 40.2 Å². The SMILES string of the molecule is Cc1ccc(-c2nc3cc(C)ccn3c2/C=C/C(=O)Nc2cc([N+](=O)[O-])ccc2O)cc1. The number of nitro groups is 1. The Balaban J connectivity index is 1.69. The molecule has 0 saturated carbocycles. The van der Waals surface area contributed by atoms with E-state index < -0.39 is 10.8 Å². The number of hydrogen-bond donors (Lipinski definition) is 2. The molecule has 2 heterocycles. The van der Waals surface area contributed by atoms with Gasteiger partial charge in [0.05, 0.1) is 22.0 Å². The molecule has 2 N–H and O–H groups in total. The number of rotatable bonds is 5. The summed E-state index contributed by atoms with van der Waals surface area (Å²) in [5, 5.41) is 23.4. The molecule has 0 atom stereocenters. The lowest BCUT2D eigenvalue weighted by atomic mass is 10.1. The first-order valence-corrected chi connectivity index (χ1v) is 9.84. The molecule has 4 rings (SSSR count). The maximum Gasteiger partial charge on any atom is 0.271 e. The smallest absolute Gasteiger partial charge is 0.271 e. The number of aromatic hydroxyl groups is 1. The zero-order valence-electron chi connectivity index (χ0n) is 17.4. The molecule has 0 bridgehead atoms. The van der Waals surface area contributed by atoms with E-state index in [-0.39, 0.29) is 17.1 Å². The molecule has 0 spiro atoms. The number of hydrogen-bond acceptors (Lipinski definition) is 5. The van der Waals surface area contributed by atoms with E-state index in [9.17, 15) is 20.0 Å². The summed E-state index contributed by atoms with van der Waals surface area (Å²) in [6.07, 6.45) is 4.83. The monoisotopic (exact) mass is 428 g/mol. The Kier molecular flexibility index (Phi) is 5.43. The van der Waals surface area contributed by atoms with Gasteiger partial charge in [-0.2, -0.15) is 0 Å². The Bertz CT molecular complexity index is 1370. The molecular weight excluding hydrogens is 408 g/mol. The number of carbonyl (C=O) groups is 1. The second kappa shape index (κ2) is 8.35. The average Bonchev–Trinajstić information content (AvgIpc) is 3.11. The van der Waals surface area contributed by atoms with Crippen LogP contribution in [0.1, 0.15) is 16.8 Å². The number of fused-ring (bicyclic) bond motifs is 1. The largest absolute Gasteiger partial charge is 0.506 e. The fraction of sp³-hybridized carbons (Fsp3) is 0.0833. The van der Waals surface area contributed by atoms with Crippen molar-refractivity contribution in [2.75, 3.05) is 5.32 Å². The summed E-state index contributed by atoms with van der Waals surface area (Å²) in [6.45, 7) is 3.99. The van der Waals surface area contributed by atoms with Gasteiger partial charge in [0.15, 0.2) is 0 Å². The summed E-state index contributed by atoms with van der Waals surface area (Å²) >= 11 is 0. The van der Waals surface area contributed by atoms with Gasteiger partial charge in [0, 0.05) is 30.0 Å². The minimum atomic E-state index is -0.598. The number of nitrogens with one attached hydrogen (secondary N) is 1. The highest BCUT2D eigenvalue weighted by atomic mass is 16.6. The second-order valence-electron chi connectivity index (χ2n) is 7.43. The van der Waals surface area contributed by atoms with Gasteiger partial charge in [-0.15, -0.1) is 0 Å². The van der Waals surface area contributed by atoms with Gasteiger partial charge in [0.2, 0.25) is 5.91 Å². The van der Waals surface area contributed by atoms with Gasteiger partial charge < -0.3 is 10.4 Å². The molecule has 0 saturated heterocycles. The molecule has 0 aliphatic rings. The highest BCUT2D eigenvalue weighted by Crippen LogP contribution is 2.29. The molecule has 4 aromatic rings.